The number of carbonyl (C=O) groups is 1. The van der Waals surface area contributed by atoms with Crippen LogP contribution >= 0.6 is 0 Å². The molecule has 1 saturated heterocycles. The topological polar surface area (TPSA) is 54.4 Å². The van der Waals surface area contributed by atoms with E-state index in [0.717, 1.165) is 17.1 Å². The van der Waals surface area contributed by atoms with Crippen LogP contribution in [0.5, 0.6) is 17.2 Å². The highest BCUT2D eigenvalue weighted by Crippen LogP contribution is 2.39. The largest absolute Gasteiger partial charge is 0.497 e. The molecule has 0 unspecified atom stereocenters. The molecule has 5 rings (SSSR count). The summed E-state index contributed by atoms with van der Waals surface area (Å²) in [6.45, 7) is 3.78. The first-order valence-electron chi connectivity index (χ1n) is 10.9. The third-order valence-electron chi connectivity index (χ3n) is 6.02. The van der Waals surface area contributed by atoms with Crippen molar-refractivity contribution in [2.24, 2.45) is 4.99 Å². The number of hydrogen-bond acceptors (Lipinski definition) is 5. The molecule has 1 amide bonds. The van der Waals surface area contributed by atoms with E-state index >= 15 is 0 Å². The number of ether oxygens (including phenoxy) is 2. The second-order valence-corrected chi connectivity index (χ2v) is 8.17. The van der Waals surface area contributed by atoms with Crippen molar-refractivity contribution in [1.82, 2.24) is 9.80 Å². The number of hydrogen-bond donors (Lipinski definition) is 0. The van der Waals surface area contributed by atoms with Gasteiger partial charge in [0, 0.05) is 37.3 Å². The first-order valence-corrected chi connectivity index (χ1v) is 10.9. The summed E-state index contributed by atoms with van der Waals surface area (Å²) in [6, 6.07) is 19.0. The van der Waals surface area contributed by atoms with Crippen molar-refractivity contribution in [1.29, 1.82) is 0 Å². The Kier molecular flexibility index (Phi) is 5.46. The van der Waals surface area contributed by atoms with E-state index in [0.29, 0.717) is 42.4 Å². The molecular weight excluding hydrogens is 421 g/mol. The van der Waals surface area contributed by atoms with Gasteiger partial charge in [-0.2, -0.15) is 0 Å². The predicted molar refractivity (Wildman–Crippen MR) is 124 cm³/mol. The standard InChI is InChI=1S/C26H24FN3O3/c1-17-16-29(13-14-30(17)26(31)18-7-9-19(27)10-8-18)25-21-12-11-20(32-2)15-24(21)33-23-6-4-3-5-22(23)28-25/h3-12,15,17H,13-14,16H2,1-2H3/t17-/m1/s1. The minimum absolute atomic E-state index is 0.0554. The lowest BCUT2D eigenvalue weighted by atomic mass is 10.1. The molecule has 0 N–H and O–H groups in total. The maximum absolute atomic E-state index is 13.3. The van der Waals surface area contributed by atoms with E-state index in [2.05, 4.69) is 4.90 Å². The number of rotatable bonds is 2. The molecule has 2 aliphatic rings. The Morgan fingerprint density at radius 2 is 1.85 bits per heavy atom. The lowest BCUT2D eigenvalue weighted by Gasteiger charge is -2.41. The quantitative estimate of drug-likeness (QED) is 0.565. The number of piperazine rings is 1. The molecule has 2 aliphatic heterocycles. The Labute approximate surface area is 191 Å². The van der Waals surface area contributed by atoms with Crippen LogP contribution in [0.3, 0.4) is 0 Å². The molecule has 0 aliphatic carbocycles. The number of para-hydroxylation sites is 2. The van der Waals surface area contributed by atoms with Gasteiger partial charge in [-0.05, 0) is 55.5 Å². The third-order valence-corrected chi connectivity index (χ3v) is 6.02. The number of methoxy groups -OCH3 is 1. The fourth-order valence-corrected chi connectivity index (χ4v) is 4.28. The minimum Gasteiger partial charge on any atom is -0.497 e. The van der Waals surface area contributed by atoms with Crippen LogP contribution in [0.1, 0.15) is 22.8 Å². The molecule has 0 spiro atoms. The Balaban J connectivity index is 1.45. The fraction of sp³-hybridized carbons (Fsp3) is 0.231. The number of aliphatic imine (C=N–C) groups is 1. The van der Waals surface area contributed by atoms with Crippen LogP contribution in [0, 0.1) is 5.82 Å². The highest BCUT2D eigenvalue weighted by molar-refractivity contribution is 6.04. The molecule has 1 fully saturated rings. The van der Waals surface area contributed by atoms with Gasteiger partial charge in [0.15, 0.2) is 5.75 Å². The zero-order valence-corrected chi connectivity index (χ0v) is 18.5. The fourth-order valence-electron chi connectivity index (χ4n) is 4.28. The summed E-state index contributed by atoms with van der Waals surface area (Å²) in [6.07, 6.45) is 0. The molecule has 3 aromatic rings. The Morgan fingerprint density at radius 1 is 1.06 bits per heavy atom. The van der Waals surface area contributed by atoms with Gasteiger partial charge in [-0.3, -0.25) is 4.79 Å². The van der Waals surface area contributed by atoms with E-state index in [9.17, 15) is 9.18 Å². The summed E-state index contributed by atoms with van der Waals surface area (Å²) < 4.78 is 24.9. The van der Waals surface area contributed by atoms with Crippen molar-refractivity contribution in [2.75, 3.05) is 26.7 Å². The summed E-state index contributed by atoms with van der Waals surface area (Å²) in [5.41, 5.74) is 2.11. The summed E-state index contributed by atoms with van der Waals surface area (Å²) in [5.74, 6) is 2.42. The van der Waals surface area contributed by atoms with Gasteiger partial charge in [-0.25, -0.2) is 9.38 Å². The maximum Gasteiger partial charge on any atom is 0.254 e. The maximum atomic E-state index is 13.3. The van der Waals surface area contributed by atoms with E-state index in [1.807, 2.05) is 54.3 Å². The van der Waals surface area contributed by atoms with Crippen molar-refractivity contribution < 1.29 is 18.7 Å². The van der Waals surface area contributed by atoms with Crippen molar-refractivity contribution in [3.8, 4) is 17.2 Å². The summed E-state index contributed by atoms with van der Waals surface area (Å²) >= 11 is 0. The first kappa shape index (κ1) is 21.0. The Morgan fingerprint density at radius 3 is 2.61 bits per heavy atom. The van der Waals surface area contributed by atoms with Crippen LogP contribution in [0.4, 0.5) is 10.1 Å². The van der Waals surface area contributed by atoms with Crippen LogP contribution < -0.4 is 9.47 Å². The Hall–Kier alpha value is -3.87. The van der Waals surface area contributed by atoms with Gasteiger partial charge in [-0.1, -0.05) is 12.1 Å². The van der Waals surface area contributed by atoms with E-state index in [1.54, 1.807) is 7.11 Å². The second-order valence-electron chi connectivity index (χ2n) is 8.17. The van der Waals surface area contributed by atoms with Gasteiger partial charge < -0.3 is 19.3 Å². The van der Waals surface area contributed by atoms with Gasteiger partial charge in [-0.15, -0.1) is 0 Å². The highest BCUT2D eigenvalue weighted by Gasteiger charge is 2.32. The Bertz CT molecular complexity index is 1230. The third kappa shape index (κ3) is 4.02. The van der Waals surface area contributed by atoms with Crippen LogP contribution in [0.2, 0.25) is 0 Å². The molecule has 1 atom stereocenters. The van der Waals surface area contributed by atoms with Crippen molar-refractivity contribution in [3.05, 3.63) is 83.7 Å². The molecule has 33 heavy (non-hydrogen) atoms. The molecule has 6 nitrogen and oxygen atoms in total. The lowest BCUT2D eigenvalue weighted by molar-refractivity contribution is 0.0581. The smallest absolute Gasteiger partial charge is 0.254 e. The summed E-state index contributed by atoms with van der Waals surface area (Å²) in [4.78, 5) is 22.0. The lowest BCUT2D eigenvalue weighted by Crippen LogP contribution is -2.55. The molecule has 3 aromatic carbocycles. The van der Waals surface area contributed by atoms with Crippen molar-refractivity contribution in [2.45, 2.75) is 13.0 Å². The molecule has 7 heteroatoms. The molecule has 2 heterocycles. The van der Waals surface area contributed by atoms with Crippen LogP contribution in [-0.4, -0.2) is 54.3 Å². The molecule has 0 saturated carbocycles. The molecular formula is C26H24FN3O3. The predicted octanol–water partition coefficient (Wildman–Crippen LogP) is 4.86. The highest BCUT2D eigenvalue weighted by atomic mass is 19.1. The summed E-state index contributed by atoms with van der Waals surface area (Å²) in [7, 11) is 1.63. The zero-order valence-electron chi connectivity index (χ0n) is 18.5. The number of halogens is 1. The van der Waals surface area contributed by atoms with Gasteiger partial charge in [0.25, 0.3) is 5.91 Å². The number of fused-ring (bicyclic) bond motifs is 2. The number of nitrogens with zero attached hydrogens (tertiary/aromatic N) is 3. The zero-order chi connectivity index (χ0) is 22.9. The summed E-state index contributed by atoms with van der Waals surface area (Å²) in [5, 5.41) is 0. The van der Waals surface area contributed by atoms with Gasteiger partial charge >= 0.3 is 0 Å². The van der Waals surface area contributed by atoms with Gasteiger partial charge in [0.2, 0.25) is 0 Å². The van der Waals surface area contributed by atoms with E-state index in [1.165, 1.54) is 24.3 Å². The number of carbonyl (C=O) groups excluding carboxylic acids is 1. The second kappa shape index (κ2) is 8.58. The number of amides is 1. The van der Waals surface area contributed by atoms with Gasteiger partial charge in [0.05, 0.1) is 12.7 Å². The normalized spacial score (nSPS) is 17.3. The van der Waals surface area contributed by atoms with E-state index < -0.39 is 0 Å². The first-order chi connectivity index (χ1) is 16.0. The molecule has 168 valence electrons. The van der Waals surface area contributed by atoms with E-state index in [4.69, 9.17) is 14.5 Å². The van der Waals surface area contributed by atoms with Crippen molar-refractivity contribution >= 4 is 17.4 Å². The minimum atomic E-state index is -0.353. The van der Waals surface area contributed by atoms with Crippen LogP contribution in [0.25, 0.3) is 0 Å². The van der Waals surface area contributed by atoms with Crippen LogP contribution in [-0.2, 0) is 0 Å². The average molecular weight is 445 g/mol. The SMILES string of the molecule is COc1ccc2c(c1)Oc1ccccc1N=C2N1CCN(C(=O)c2ccc(F)cc2)[C@H](C)C1. The van der Waals surface area contributed by atoms with Crippen LogP contribution in [0.15, 0.2) is 71.7 Å². The average Bonchev–Trinajstić information content (AvgIpc) is 3.00. The van der Waals surface area contributed by atoms with Gasteiger partial charge in [0.1, 0.15) is 28.8 Å². The molecule has 0 radical (unpaired) electrons. The van der Waals surface area contributed by atoms with Crippen molar-refractivity contribution in [3.63, 3.8) is 0 Å². The number of amidine groups is 1. The molecule has 0 aromatic heterocycles. The number of benzene rings is 3. The monoisotopic (exact) mass is 445 g/mol. The molecule has 0 bridgehead atoms. The van der Waals surface area contributed by atoms with E-state index in [-0.39, 0.29) is 17.8 Å².